The van der Waals surface area contributed by atoms with Crippen molar-refractivity contribution in [1.82, 2.24) is 10.1 Å². The molecule has 3 heterocycles. The second-order valence-electron chi connectivity index (χ2n) is 6.49. The summed E-state index contributed by atoms with van der Waals surface area (Å²) in [5.41, 5.74) is 1.81. The summed E-state index contributed by atoms with van der Waals surface area (Å²) in [6.45, 7) is 1.73. The minimum atomic E-state index is -0.121. The van der Waals surface area contributed by atoms with Crippen molar-refractivity contribution in [3.05, 3.63) is 50.1 Å². The van der Waals surface area contributed by atoms with Crippen LogP contribution in [0.2, 0.25) is 0 Å². The van der Waals surface area contributed by atoms with Crippen LogP contribution in [0.3, 0.4) is 0 Å². The van der Waals surface area contributed by atoms with Crippen molar-refractivity contribution in [3.63, 3.8) is 0 Å². The fraction of sp³-hybridized carbons (Fsp3) is 0.368. The third-order valence-electron chi connectivity index (χ3n) is 4.43. The van der Waals surface area contributed by atoms with Crippen LogP contribution >= 0.6 is 34.4 Å². The molecule has 0 radical (unpaired) electrons. The Kier molecular flexibility index (Phi) is 5.93. The number of carbonyl (C=O) groups excluding carboxylic acids is 2. The fourth-order valence-corrected chi connectivity index (χ4v) is 5.86. The molecular weight excluding hydrogens is 414 g/mol. The number of hydrogen-bond donors (Lipinski definition) is 1. The van der Waals surface area contributed by atoms with E-state index >= 15 is 0 Å². The van der Waals surface area contributed by atoms with Crippen LogP contribution in [-0.2, 0) is 23.4 Å². The van der Waals surface area contributed by atoms with Gasteiger partial charge in [0.15, 0.2) is 5.82 Å². The molecule has 6 nitrogen and oxygen atoms in total. The number of thioether (sulfide) groups is 1. The van der Waals surface area contributed by atoms with Gasteiger partial charge in [0, 0.05) is 11.8 Å². The maximum absolute atomic E-state index is 13.1. The molecule has 0 spiro atoms. The average molecular weight is 434 g/mol. The van der Waals surface area contributed by atoms with Crippen LogP contribution in [-0.4, -0.2) is 27.6 Å². The third kappa shape index (κ3) is 4.21. The zero-order valence-corrected chi connectivity index (χ0v) is 17.8. The van der Waals surface area contributed by atoms with E-state index in [1.807, 2.05) is 17.5 Å². The van der Waals surface area contributed by atoms with E-state index in [9.17, 15) is 9.59 Å². The molecule has 1 aliphatic rings. The second kappa shape index (κ2) is 8.59. The Morgan fingerprint density at radius 1 is 1.32 bits per heavy atom. The van der Waals surface area contributed by atoms with Gasteiger partial charge in [-0.25, -0.2) is 0 Å². The number of nitrogens with one attached hydrogen (secondary N) is 1. The number of aryl methyl sites for hydroxylation is 2. The molecule has 28 heavy (non-hydrogen) atoms. The second-order valence-corrected chi connectivity index (χ2v) is 9.53. The molecule has 146 valence electrons. The zero-order valence-electron chi connectivity index (χ0n) is 15.3. The smallest absolute Gasteiger partial charge is 0.235 e. The number of fused-ring (bicyclic) bond motifs is 1. The summed E-state index contributed by atoms with van der Waals surface area (Å²) in [7, 11) is 0. The first kappa shape index (κ1) is 19.4. The molecular formula is C19H19N3O3S3. The normalized spacial score (nSPS) is 13.3. The van der Waals surface area contributed by atoms with Crippen LogP contribution in [0.1, 0.15) is 50.2 Å². The molecule has 1 amide bonds. The van der Waals surface area contributed by atoms with Crippen LogP contribution in [0.15, 0.2) is 22.0 Å². The Morgan fingerprint density at radius 2 is 2.18 bits per heavy atom. The fourth-order valence-electron chi connectivity index (χ4n) is 3.22. The summed E-state index contributed by atoms with van der Waals surface area (Å²) < 4.78 is 4.93. The van der Waals surface area contributed by atoms with E-state index in [0.29, 0.717) is 32.9 Å². The molecule has 4 rings (SSSR count). The minimum Gasteiger partial charge on any atom is -0.340 e. The number of rotatable bonds is 7. The summed E-state index contributed by atoms with van der Waals surface area (Å²) in [5, 5.41) is 9.40. The average Bonchev–Trinajstić information content (AvgIpc) is 3.41. The summed E-state index contributed by atoms with van der Waals surface area (Å²) in [6, 6.07) is 3.72. The monoisotopic (exact) mass is 433 g/mol. The van der Waals surface area contributed by atoms with Crippen molar-refractivity contribution < 1.29 is 14.1 Å². The molecule has 0 atom stereocenters. The number of aromatic nitrogens is 2. The lowest BCUT2D eigenvalue weighted by atomic mass is 9.93. The lowest BCUT2D eigenvalue weighted by molar-refractivity contribution is -0.113. The van der Waals surface area contributed by atoms with Gasteiger partial charge in [-0.05, 0) is 42.7 Å². The minimum absolute atomic E-state index is 0.0135. The number of carbonyl (C=O) groups is 2. The van der Waals surface area contributed by atoms with E-state index < -0.39 is 0 Å². The molecule has 0 fully saturated rings. The molecule has 0 aliphatic heterocycles. The summed E-state index contributed by atoms with van der Waals surface area (Å²) in [6.07, 6.45) is 4.10. The van der Waals surface area contributed by atoms with E-state index in [1.54, 1.807) is 18.3 Å². The van der Waals surface area contributed by atoms with Gasteiger partial charge in [0.25, 0.3) is 0 Å². The molecule has 0 bridgehead atoms. The van der Waals surface area contributed by atoms with Crippen molar-refractivity contribution in [2.45, 2.75) is 38.4 Å². The van der Waals surface area contributed by atoms with Gasteiger partial charge in [0.2, 0.25) is 17.6 Å². The highest BCUT2D eigenvalue weighted by Crippen LogP contribution is 2.39. The maximum atomic E-state index is 13.1. The predicted molar refractivity (Wildman–Crippen MR) is 113 cm³/mol. The highest BCUT2D eigenvalue weighted by atomic mass is 32.2. The molecule has 3 aromatic heterocycles. The largest absolute Gasteiger partial charge is 0.340 e. The van der Waals surface area contributed by atoms with Crippen molar-refractivity contribution in [2.24, 2.45) is 0 Å². The van der Waals surface area contributed by atoms with Crippen molar-refractivity contribution in [2.75, 3.05) is 11.1 Å². The van der Waals surface area contributed by atoms with Gasteiger partial charge in [-0.3, -0.25) is 9.59 Å². The van der Waals surface area contributed by atoms with Gasteiger partial charge in [-0.1, -0.05) is 11.2 Å². The van der Waals surface area contributed by atoms with E-state index in [0.717, 1.165) is 31.2 Å². The lowest BCUT2D eigenvalue weighted by Gasteiger charge is -2.12. The van der Waals surface area contributed by atoms with Gasteiger partial charge in [-0.2, -0.15) is 4.98 Å². The maximum Gasteiger partial charge on any atom is 0.235 e. The molecule has 3 aromatic rings. The number of nitrogens with zero attached hydrogens (tertiary/aromatic N) is 2. The van der Waals surface area contributed by atoms with Crippen LogP contribution < -0.4 is 5.32 Å². The number of hydrogen-bond acceptors (Lipinski definition) is 8. The zero-order chi connectivity index (χ0) is 19.5. The van der Waals surface area contributed by atoms with Crippen molar-refractivity contribution in [3.8, 4) is 0 Å². The van der Waals surface area contributed by atoms with E-state index in [4.69, 9.17) is 4.52 Å². The quantitative estimate of drug-likeness (QED) is 0.553. The van der Waals surface area contributed by atoms with E-state index in [2.05, 4.69) is 15.5 Å². The first-order valence-electron chi connectivity index (χ1n) is 9.01. The Bertz CT molecular complexity index is 992. The van der Waals surface area contributed by atoms with Crippen LogP contribution in [0.25, 0.3) is 0 Å². The standard InChI is InChI=1S/C19H19N3O3S3/c1-11-20-15(22-25-11)9-26-10-16(23)21-19-17(18(24)14-7-4-8-27-14)12-5-2-3-6-13(12)28-19/h4,7-8H,2-3,5-6,9-10H2,1H3,(H,21,23). The Balaban J connectivity index is 1.48. The van der Waals surface area contributed by atoms with Crippen LogP contribution in [0, 0.1) is 6.92 Å². The molecule has 1 aliphatic carbocycles. The first-order valence-corrected chi connectivity index (χ1v) is 11.9. The Hall–Kier alpha value is -1.97. The summed E-state index contributed by atoms with van der Waals surface area (Å²) in [4.78, 5) is 31.6. The molecule has 0 saturated carbocycles. The van der Waals surface area contributed by atoms with Gasteiger partial charge in [0.05, 0.1) is 21.9 Å². The SMILES string of the molecule is Cc1nc(CSCC(=O)Nc2sc3c(c2C(=O)c2cccs2)CCCC3)no1. The number of thiophene rings is 2. The van der Waals surface area contributed by atoms with Crippen molar-refractivity contribution >= 4 is 51.1 Å². The molecule has 0 aromatic carbocycles. The summed E-state index contributed by atoms with van der Waals surface area (Å²) in [5.74, 6) is 1.76. The lowest BCUT2D eigenvalue weighted by Crippen LogP contribution is -2.16. The topological polar surface area (TPSA) is 85.1 Å². The van der Waals surface area contributed by atoms with Crippen LogP contribution in [0.4, 0.5) is 5.00 Å². The number of anilines is 1. The van der Waals surface area contributed by atoms with Gasteiger partial charge >= 0.3 is 0 Å². The van der Waals surface area contributed by atoms with Crippen molar-refractivity contribution in [1.29, 1.82) is 0 Å². The first-order chi connectivity index (χ1) is 13.6. The molecule has 0 unspecified atom stereocenters. The van der Waals surface area contributed by atoms with E-state index in [-0.39, 0.29) is 17.4 Å². The van der Waals surface area contributed by atoms with Gasteiger partial charge < -0.3 is 9.84 Å². The molecule has 9 heteroatoms. The Labute approximate surface area is 174 Å². The highest BCUT2D eigenvalue weighted by Gasteiger charge is 2.27. The summed E-state index contributed by atoms with van der Waals surface area (Å²) >= 11 is 4.41. The van der Waals surface area contributed by atoms with Gasteiger partial charge in [-0.15, -0.1) is 34.4 Å². The van der Waals surface area contributed by atoms with Crippen LogP contribution in [0.5, 0.6) is 0 Å². The Morgan fingerprint density at radius 3 is 2.93 bits per heavy atom. The number of amides is 1. The predicted octanol–water partition coefficient (Wildman–Crippen LogP) is 4.48. The number of ketones is 1. The molecule has 1 N–H and O–H groups in total. The van der Waals surface area contributed by atoms with Gasteiger partial charge in [0.1, 0.15) is 5.00 Å². The molecule has 0 saturated heterocycles. The highest BCUT2D eigenvalue weighted by molar-refractivity contribution is 7.99. The third-order valence-corrected chi connectivity index (χ3v) is 7.43. The van der Waals surface area contributed by atoms with E-state index in [1.165, 1.54) is 28.0 Å².